The number of hydrogen-bond acceptors (Lipinski definition) is 3. The molecule has 0 atom stereocenters. The molecule has 1 rings (SSSR count). The van der Waals surface area contributed by atoms with E-state index in [2.05, 4.69) is 22.8 Å². The predicted octanol–water partition coefficient (Wildman–Crippen LogP) is 1.49. The van der Waals surface area contributed by atoms with Gasteiger partial charge in [-0.2, -0.15) is 0 Å². The number of unbranched alkanes of at least 4 members (excludes halogenated alkanes) is 1. The fourth-order valence-corrected chi connectivity index (χ4v) is 1.85. The molecule has 78 valence electrons. The summed E-state index contributed by atoms with van der Waals surface area (Å²) >= 11 is 1.75. The van der Waals surface area contributed by atoms with E-state index in [-0.39, 0.29) is 5.91 Å². The van der Waals surface area contributed by atoms with Crippen LogP contribution in [0.3, 0.4) is 0 Å². The van der Waals surface area contributed by atoms with Gasteiger partial charge in [0.05, 0.1) is 0 Å². The summed E-state index contributed by atoms with van der Waals surface area (Å²) in [5, 5.41) is 5.39. The zero-order chi connectivity index (χ0) is 10.2. The second-order valence-electron chi connectivity index (χ2n) is 3.18. The first-order chi connectivity index (χ1) is 6.79. The number of nitrogens with one attached hydrogen (secondary N) is 1. The minimum atomic E-state index is -0.205. The highest BCUT2D eigenvalue weighted by molar-refractivity contribution is 7.09. The molecule has 1 amide bonds. The Labute approximate surface area is 88.3 Å². The summed E-state index contributed by atoms with van der Waals surface area (Å²) in [6.45, 7) is 1.87. The molecule has 4 heteroatoms. The van der Waals surface area contributed by atoms with Crippen LogP contribution in [0.5, 0.6) is 0 Å². The van der Waals surface area contributed by atoms with Crippen molar-refractivity contribution in [3.05, 3.63) is 22.4 Å². The summed E-state index contributed by atoms with van der Waals surface area (Å²) in [4.78, 5) is 11.8. The third-order valence-electron chi connectivity index (χ3n) is 1.91. The molecule has 0 radical (unpaired) electrons. The van der Waals surface area contributed by atoms with Crippen LogP contribution in [0.25, 0.3) is 0 Å². The van der Waals surface area contributed by atoms with E-state index in [1.54, 1.807) is 11.3 Å². The van der Waals surface area contributed by atoms with Crippen LogP contribution < -0.4 is 11.1 Å². The molecule has 3 nitrogen and oxygen atoms in total. The van der Waals surface area contributed by atoms with Gasteiger partial charge in [-0.3, -0.25) is 4.79 Å². The fourth-order valence-electron chi connectivity index (χ4n) is 1.17. The maximum Gasteiger partial charge on any atom is 0.217 e. The Morgan fingerprint density at radius 2 is 2.36 bits per heavy atom. The average Bonchev–Trinajstić information content (AvgIpc) is 2.63. The van der Waals surface area contributed by atoms with E-state index in [0.29, 0.717) is 6.42 Å². The van der Waals surface area contributed by atoms with Crippen molar-refractivity contribution in [2.75, 3.05) is 6.54 Å². The molecule has 1 heterocycles. The maximum absolute atomic E-state index is 10.4. The Kier molecular flexibility index (Phi) is 5.25. The molecular weight excluding hydrogens is 196 g/mol. The summed E-state index contributed by atoms with van der Waals surface area (Å²) in [7, 11) is 0. The van der Waals surface area contributed by atoms with Crippen molar-refractivity contribution < 1.29 is 4.79 Å². The number of rotatable bonds is 7. The van der Waals surface area contributed by atoms with Gasteiger partial charge < -0.3 is 11.1 Å². The van der Waals surface area contributed by atoms with Crippen LogP contribution in [-0.2, 0) is 11.3 Å². The van der Waals surface area contributed by atoms with E-state index >= 15 is 0 Å². The van der Waals surface area contributed by atoms with Gasteiger partial charge in [0.15, 0.2) is 0 Å². The molecule has 0 saturated heterocycles. The van der Waals surface area contributed by atoms with Gasteiger partial charge in [-0.15, -0.1) is 11.3 Å². The van der Waals surface area contributed by atoms with Crippen LogP contribution in [-0.4, -0.2) is 12.5 Å². The Bertz CT molecular complexity index is 259. The molecule has 0 bridgehead atoms. The Morgan fingerprint density at radius 1 is 1.50 bits per heavy atom. The molecule has 0 aliphatic rings. The zero-order valence-corrected chi connectivity index (χ0v) is 8.98. The highest BCUT2D eigenvalue weighted by atomic mass is 32.1. The van der Waals surface area contributed by atoms with E-state index in [0.717, 1.165) is 25.9 Å². The summed E-state index contributed by atoms with van der Waals surface area (Å²) in [6.07, 6.45) is 2.39. The lowest BCUT2D eigenvalue weighted by atomic mass is 10.2. The van der Waals surface area contributed by atoms with E-state index in [1.165, 1.54) is 4.88 Å². The first-order valence-corrected chi connectivity index (χ1v) is 5.68. The minimum absolute atomic E-state index is 0.205. The molecule has 0 spiro atoms. The number of amides is 1. The zero-order valence-electron chi connectivity index (χ0n) is 8.16. The third kappa shape index (κ3) is 4.99. The van der Waals surface area contributed by atoms with Crippen molar-refractivity contribution >= 4 is 17.2 Å². The van der Waals surface area contributed by atoms with Gasteiger partial charge in [-0.1, -0.05) is 6.07 Å². The van der Waals surface area contributed by atoms with Crippen molar-refractivity contribution in [3.63, 3.8) is 0 Å². The molecule has 3 N–H and O–H groups in total. The summed E-state index contributed by atoms with van der Waals surface area (Å²) in [6, 6.07) is 4.16. The summed E-state index contributed by atoms with van der Waals surface area (Å²) in [5.74, 6) is -0.205. The third-order valence-corrected chi connectivity index (χ3v) is 2.78. The maximum atomic E-state index is 10.4. The average molecular weight is 212 g/mol. The standard InChI is InChI=1S/C10H16N2OS/c11-10(13)5-1-2-6-12-8-9-4-3-7-14-9/h3-4,7,12H,1-2,5-6,8H2,(H2,11,13). The lowest BCUT2D eigenvalue weighted by molar-refractivity contribution is -0.118. The topological polar surface area (TPSA) is 55.1 Å². The molecule has 1 aromatic heterocycles. The van der Waals surface area contributed by atoms with E-state index in [4.69, 9.17) is 5.73 Å². The largest absolute Gasteiger partial charge is 0.370 e. The highest BCUT2D eigenvalue weighted by Crippen LogP contribution is 2.07. The number of primary amides is 1. The van der Waals surface area contributed by atoms with Gasteiger partial charge in [-0.05, 0) is 30.8 Å². The van der Waals surface area contributed by atoms with Gasteiger partial charge in [-0.25, -0.2) is 0 Å². The molecule has 14 heavy (non-hydrogen) atoms. The van der Waals surface area contributed by atoms with Gasteiger partial charge in [0.2, 0.25) is 5.91 Å². The minimum Gasteiger partial charge on any atom is -0.370 e. The lowest BCUT2D eigenvalue weighted by Gasteiger charge is -2.01. The van der Waals surface area contributed by atoms with E-state index in [9.17, 15) is 4.79 Å². The Morgan fingerprint density at radius 3 is 3.00 bits per heavy atom. The first kappa shape index (κ1) is 11.2. The number of nitrogens with two attached hydrogens (primary N) is 1. The molecule has 0 saturated carbocycles. The van der Waals surface area contributed by atoms with Crippen molar-refractivity contribution in [1.82, 2.24) is 5.32 Å². The van der Waals surface area contributed by atoms with Crippen LogP contribution >= 0.6 is 11.3 Å². The molecule has 0 aliphatic carbocycles. The van der Waals surface area contributed by atoms with Crippen LogP contribution in [0.2, 0.25) is 0 Å². The van der Waals surface area contributed by atoms with Crippen LogP contribution in [0.1, 0.15) is 24.1 Å². The van der Waals surface area contributed by atoms with Crippen molar-refractivity contribution in [3.8, 4) is 0 Å². The smallest absolute Gasteiger partial charge is 0.217 e. The number of carbonyl (C=O) groups is 1. The predicted molar refractivity (Wildman–Crippen MR) is 59.1 cm³/mol. The van der Waals surface area contributed by atoms with Gasteiger partial charge >= 0.3 is 0 Å². The molecule has 0 aliphatic heterocycles. The second-order valence-corrected chi connectivity index (χ2v) is 4.21. The van der Waals surface area contributed by atoms with Crippen molar-refractivity contribution in [1.29, 1.82) is 0 Å². The van der Waals surface area contributed by atoms with Gasteiger partial charge in [0, 0.05) is 17.8 Å². The Balaban J connectivity index is 1.92. The van der Waals surface area contributed by atoms with Crippen molar-refractivity contribution in [2.24, 2.45) is 5.73 Å². The van der Waals surface area contributed by atoms with Gasteiger partial charge in [0.1, 0.15) is 0 Å². The fraction of sp³-hybridized carbons (Fsp3) is 0.500. The number of hydrogen-bond donors (Lipinski definition) is 2. The Hall–Kier alpha value is -0.870. The van der Waals surface area contributed by atoms with Crippen LogP contribution in [0.4, 0.5) is 0 Å². The molecule has 0 aromatic carbocycles. The number of carbonyl (C=O) groups excluding carboxylic acids is 1. The molecule has 1 aromatic rings. The van der Waals surface area contributed by atoms with Crippen LogP contribution in [0, 0.1) is 0 Å². The van der Waals surface area contributed by atoms with Gasteiger partial charge in [0.25, 0.3) is 0 Å². The summed E-state index contributed by atoms with van der Waals surface area (Å²) in [5.41, 5.74) is 5.03. The molecular formula is C10H16N2OS. The van der Waals surface area contributed by atoms with Crippen LogP contribution in [0.15, 0.2) is 17.5 Å². The molecule has 0 fully saturated rings. The SMILES string of the molecule is NC(=O)CCCCNCc1cccs1. The van der Waals surface area contributed by atoms with E-state index in [1.807, 2.05) is 0 Å². The normalized spacial score (nSPS) is 10.3. The second kappa shape index (κ2) is 6.56. The monoisotopic (exact) mass is 212 g/mol. The number of thiophene rings is 1. The lowest BCUT2D eigenvalue weighted by Crippen LogP contribution is -2.15. The molecule has 0 unspecified atom stereocenters. The summed E-state index contributed by atoms with van der Waals surface area (Å²) < 4.78 is 0. The highest BCUT2D eigenvalue weighted by Gasteiger charge is 1.95. The quantitative estimate of drug-likeness (QED) is 0.673. The first-order valence-electron chi connectivity index (χ1n) is 4.80. The van der Waals surface area contributed by atoms with E-state index < -0.39 is 0 Å². The van der Waals surface area contributed by atoms with Crippen molar-refractivity contribution in [2.45, 2.75) is 25.8 Å².